The van der Waals surface area contributed by atoms with Crippen molar-refractivity contribution in [1.29, 1.82) is 0 Å². The Balaban J connectivity index is 2.79. The van der Waals surface area contributed by atoms with E-state index in [0.29, 0.717) is 12.4 Å². The molecule has 1 heterocycles. The number of nitrogens with zero attached hydrogens (tertiary/aromatic N) is 3. The molecule has 17 heavy (non-hydrogen) atoms. The summed E-state index contributed by atoms with van der Waals surface area (Å²) in [6, 6.07) is 0. The lowest BCUT2D eigenvalue weighted by Crippen LogP contribution is -2.34. The van der Waals surface area contributed by atoms with Gasteiger partial charge < -0.3 is 10.2 Å². The maximum atomic E-state index is 11.4. The van der Waals surface area contributed by atoms with Crippen molar-refractivity contribution in [1.82, 2.24) is 15.3 Å². The topological polar surface area (TPSA) is 58.1 Å². The minimum Gasteiger partial charge on any atom is -0.359 e. The zero-order valence-electron chi connectivity index (χ0n) is 9.87. The van der Waals surface area contributed by atoms with Crippen LogP contribution in [0.15, 0.2) is 10.7 Å². The van der Waals surface area contributed by atoms with E-state index in [9.17, 15) is 4.79 Å². The Morgan fingerprint density at radius 1 is 1.71 bits per heavy atom. The second kappa shape index (κ2) is 6.16. The molecular weight excluding hydrogens is 307 g/mol. The van der Waals surface area contributed by atoms with Gasteiger partial charge in [-0.05, 0) is 27.5 Å². The van der Waals surface area contributed by atoms with E-state index >= 15 is 0 Å². The molecule has 1 aromatic rings. The molecular formula is C10H14BrClN4O. The number of carbonyl (C=O) groups is 1. The highest BCUT2D eigenvalue weighted by Gasteiger charge is 2.16. The van der Waals surface area contributed by atoms with Crippen LogP contribution in [0.5, 0.6) is 0 Å². The maximum absolute atomic E-state index is 11.4. The summed E-state index contributed by atoms with van der Waals surface area (Å²) in [5.74, 6) is 0.527. The molecule has 1 N–H and O–H groups in total. The van der Waals surface area contributed by atoms with Crippen molar-refractivity contribution in [3.63, 3.8) is 0 Å². The predicted octanol–water partition coefficient (Wildman–Crippen LogP) is 1.71. The molecule has 0 fully saturated rings. The lowest BCUT2D eigenvalue weighted by Gasteiger charge is -2.22. The maximum Gasteiger partial charge on any atom is 0.224 e. The SMILES string of the molecule is CNC(=O)C(C)CN(C)c1nc(Cl)ncc1Br. The highest BCUT2D eigenvalue weighted by Crippen LogP contribution is 2.23. The van der Waals surface area contributed by atoms with Crippen LogP contribution in [-0.4, -0.2) is 36.5 Å². The van der Waals surface area contributed by atoms with Crippen molar-refractivity contribution >= 4 is 39.3 Å². The molecule has 1 aromatic heterocycles. The van der Waals surface area contributed by atoms with Crippen LogP contribution >= 0.6 is 27.5 Å². The van der Waals surface area contributed by atoms with Gasteiger partial charge in [0.2, 0.25) is 11.2 Å². The van der Waals surface area contributed by atoms with Crippen LogP contribution in [-0.2, 0) is 4.79 Å². The van der Waals surface area contributed by atoms with Crippen molar-refractivity contribution < 1.29 is 4.79 Å². The van der Waals surface area contributed by atoms with Crippen LogP contribution in [0.1, 0.15) is 6.92 Å². The van der Waals surface area contributed by atoms with E-state index in [4.69, 9.17) is 11.6 Å². The monoisotopic (exact) mass is 320 g/mol. The van der Waals surface area contributed by atoms with Gasteiger partial charge in [-0.15, -0.1) is 0 Å². The highest BCUT2D eigenvalue weighted by atomic mass is 79.9. The quantitative estimate of drug-likeness (QED) is 0.858. The van der Waals surface area contributed by atoms with Crippen LogP contribution in [0.4, 0.5) is 5.82 Å². The molecule has 0 aliphatic carbocycles. The predicted molar refractivity (Wildman–Crippen MR) is 71.2 cm³/mol. The van der Waals surface area contributed by atoms with Gasteiger partial charge >= 0.3 is 0 Å². The van der Waals surface area contributed by atoms with Crippen molar-refractivity contribution in [2.45, 2.75) is 6.92 Å². The third-order valence-electron chi connectivity index (χ3n) is 2.30. The van der Waals surface area contributed by atoms with E-state index in [1.807, 2.05) is 18.9 Å². The van der Waals surface area contributed by atoms with Crippen molar-refractivity contribution in [2.75, 3.05) is 25.5 Å². The van der Waals surface area contributed by atoms with Gasteiger partial charge in [-0.3, -0.25) is 4.79 Å². The van der Waals surface area contributed by atoms with E-state index in [-0.39, 0.29) is 17.1 Å². The number of hydrogen-bond acceptors (Lipinski definition) is 4. The highest BCUT2D eigenvalue weighted by molar-refractivity contribution is 9.10. The fraction of sp³-hybridized carbons (Fsp3) is 0.500. The molecule has 0 spiro atoms. The largest absolute Gasteiger partial charge is 0.359 e. The van der Waals surface area contributed by atoms with Crippen LogP contribution in [0.3, 0.4) is 0 Å². The lowest BCUT2D eigenvalue weighted by atomic mass is 10.1. The fourth-order valence-corrected chi connectivity index (χ4v) is 2.05. The van der Waals surface area contributed by atoms with E-state index in [0.717, 1.165) is 4.47 Å². The molecule has 1 atom stereocenters. The molecule has 0 saturated carbocycles. The molecule has 0 aliphatic heterocycles. The molecule has 1 amide bonds. The van der Waals surface area contributed by atoms with Crippen molar-refractivity contribution in [3.05, 3.63) is 16.0 Å². The fourth-order valence-electron chi connectivity index (χ4n) is 1.43. The van der Waals surface area contributed by atoms with Gasteiger partial charge in [-0.25, -0.2) is 4.98 Å². The Labute approximate surface area is 114 Å². The average molecular weight is 322 g/mol. The third kappa shape index (κ3) is 3.81. The number of hydrogen-bond donors (Lipinski definition) is 1. The average Bonchev–Trinajstić information content (AvgIpc) is 2.30. The minimum absolute atomic E-state index is 0.00637. The normalized spacial score (nSPS) is 12.1. The Kier molecular flexibility index (Phi) is 5.14. The van der Waals surface area contributed by atoms with Gasteiger partial charge in [0.05, 0.1) is 10.4 Å². The number of anilines is 1. The Hall–Kier alpha value is -0.880. The second-order valence-corrected chi connectivity index (χ2v) is 4.90. The van der Waals surface area contributed by atoms with Crippen LogP contribution < -0.4 is 10.2 Å². The summed E-state index contributed by atoms with van der Waals surface area (Å²) in [4.78, 5) is 21.2. The summed E-state index contributed by atoms with van der Waals surface area (Å²) in [5.41, 5.74) is 0. The molecule has 0 aliphatic rings. The molecule has 94 valence electrons. The summed E-state index contributed by atoms with van der Waals surface area (Å²) in [5, 5.41) is 2.79. The van der Waals surface area contributed by atoms with Gasteiger partial charge in [0.25, 0.3) is 0 Å². The van der Waals surface area contributed by atoms with Crippen LogP contribution in [0.25, 0.3) is 0 Å². The Morgan fingerprint density at radius 3 is 2.94 bits per heavy atom. The lowest BCUT2D eigenvalue weighted by molar-refractivity contribution is -0.123. The first kappa shape index (κ1) is 14.2. The van der Waals surface area contributed by atoms with Gasteiger partial charge in [0.15, 0.2) is 0 Å². The smallest absolute Gasteiger partial charge is 0.224 e. The molecule has 0 radical (unpaired) electrons. The molecule has 7 heteroatoms. The Morgan fingerprint density at radius 2 is 2.35 bits per heavy atom. The first-order valence-electron chi connectivity index (χ1n) is 5.06. The number of amides is 1. The van der Waals surface area contributed by atoms with Gasteiger partial charge in [-0.1, -0.05) is 6.92 Å². The number of carbonyl (C=O) groups excluding carboxylic acids is 1. The first-order chi connectivity index (χ1) is 7.95. The molecule has 1 rings (SSSR count). The number of rotatable bonds is 4. The standard InChI is InChI=1S/C10H14BrClN4O/c1-6(9(17)13-2)5-16(3)8-7(11)4-14-10(12)15-8/h4,6H,5H2,1-3H3,(H,13,17). The first-order valence-corrected chi connectivity index (χ1v) is 6.23. The summed E-state index contributed by atoms with van der Waals surface area (Å²) in [6.45, 7) is 2.40. The van der Waals surface area contributed by atoms with E-state index < -0.39 is 0 Å². The molecule has 5 nitrogen and oxygen atoms in total. The summed E-state index contributed by atoms with van der Waals surface area (Å²) in [7, 11) is 3.47. The second-order valence-electron chi connectivity index (χ2n) is 3.71. The van der Waals surface area contributed by atoms with Crippen LogP contribution in [0, 0.1) is 5.92 Å². The molecule has 1 unspecified atom stereocenters. The minimum atomic E-state index is -0.134. The van der Waals surface area contributed by atoms with Gasteiger partial charge in [0, 0.05) is 26.8 Å². The van der Waals surface area contributed by atoms with Gasteiger partial charge in [-0.2, -0.15) is 4.98 Å². The third-order valence-corrected chi connectivity index (χ3v) is 3.04. The van der Waals surface area contributed by atoms with E-state index in [1.165, 1.54) is 0 Å². The molecule has 0 saturated heterocycles. The number of nitrogens with one attached hydrogen (secondary N) is 1. The Bertz CT molecular complexity index is 415. The number of halogens is 2. The van der Waals surface area contributed by atoms with Crippen LogP contribution in [0.2, 0.25) is 5.28 Å². The number of aromatic nitrogens is 2. The summed E-state index contributed by atoms with van der Waals surface area (Å²) < 4.78 is 0.744. The van der Waals surface area contributed by atoms with E-state index in [1.54, 1.807) is 13.2 Å². The zero-order chi connectivity index (χ0) is 13.0. The summed E-state index contributed by atoms with van der Waals surface area (Å²) >= 11 is 9.09. The molecule has 0 aromatic carbocycles. The summed E-state index contributed by atoms with van der Waals surface area (Å²) in [6.07, 6.45) is 1.59. The van der Waals surface area contributed by atoms with Gasteiger partial charge in [0.1, 0.15) is 5.82 Å². The van der Waals surface area contributed by atoms with Crippen molar-refractivity contribution in [2.24, 2.45) is 5.92 Å². The zero-order valence-corrected chi connectivity index (χ0v) is 12.2. The molecule has 0 bridgehead atoms. The van der Waals surface area contributed by atoms with E-state index in [2.05, 4.69) is 31.2 Å². The van der Waals surface area contributed by atoms with Crippen molar-refractivity contribution in [3.8, 4) is 0 Å².